The predicted octanol–water partition coefficient (Wildman–Crippen LogP) is 0.581. The largest absolute Gasteiger partial charge is 0.394 e. The van der Waals surface area contributed by atoms with Crippen molar-refractivity contribution in [2.75, 3.05) is 11.9 Å². The summed E-state index contributed by atoms with van der Waals surface area (Å²) in [4.78, 5) is 7.97. The van der Waals surface area contributed by atoms with E-state index in [1.54, 1.807) is 0 Å². The first-order valence-corrected chi connectivity index (χ1v) is 7.95. The van der Waals surface area contributed by atoms with Crippen LogP contribution in [0.3, 0.4) is 0 Å². The number of hydrogen-bond donors (Lipinski definition) is 4. The average Bonchev–Trinajstić information content (AvgIpc) is 2.66. The van der Waals surface area contributed by atoms with Crippen molar-refractivity contribution in [2.45, 2.75) is 37.1 Å². The zero-order valence-electron chi connectivity index (χ0n) is 13.4. The van der Waals surface area contributed by atoms with E-state index >= 15 is 0 Å². The maximum atomic E-state index is 12.8. The minimum Gasteiger partial charge on any atom is -0.394 e. The highest BCUT2D eigenvalue weighted by Gasteiger charge is 2.45. The van der Waals surface area contributed by atoms with Crippen molar-refractivity contribution in [1.29, 1.82) is 0 Å². The van der Waals surface area contributed by atoms with E-state index in [9.17, 15) is 19.7 Å². The van der Waals surface area contributed by atoms with Crippen LogP contribution in [0.2, 0.25) is 0 Å². The summed E-state index contributed by atoms with van der Waals surface area (Å²) in [5.74, 6) is 0.262. The molecule has 1 saturated heterocycles. The molecule has 2 heterocycles. The lowest BCUT2D eigenvalue weighted by Gasteiger charge is -2.43. The number of nitrogens with one attached hydrogen (secondary N) is 1. The summed E-state index contributed by atoms with van der Waals surface area (Å²) < 4.78 is 18.6. The van der Waals surface area contributed by atoms with Gasteiger partial charge >= 0.3 is 0 Å². The summed E-state index contributed by atoms with van der Waals surface area (Å²) in [5.41, 5.74) is 0.917. The van der Waals surface area contributed by atoms with Crippen LogP contribution >= 0.6 is 0 Å². The van der Waals surface area contributed by atoms with E-state index in [2.05, 4.69) is 15.3 Å². The summed E-state index contributed by atoms with van der Waals surface area (Å²) in [6.45, 7) is -1.19. The van der Waals surface area contributed by atoms with E-state index in [4.69, 9.17) is 4.74 Å². The fourth-order valence-electron chi connectivity index (χ4n) is 2.92. The molecule has 0 saturated carbocycles. The molecular weight excluding hydrogens is 329 g/mol. The lowest BCUT2D eigenvalue weighted by molar-refractivity contribution is -0.187. The van der Waals surface area contributed by atoms with E-state index in [1.165, 1.54) is 12.4 Å². The third-order valence-electron chi connectivity index (χ3n) is 4.19. The SMILES string of the molecule is OC[C@H]1O[C@@H](c2ccccc2)[C@H](Nc2cncc(CF)n2)[C@@H](O)[C@H]1O. The molecule has 8 heteroatoms. The average molecular weight is 349 g/mol. The number of hydrogen-bond acceptors (Lipinski definition) is 7. The fourth-order valence-corrected chi connectivity index (χ4v) is 2.92. The molecule has 0 radical (unpaired) electrons. The number of aliphatic hydroxyl groups is 3. The Hall–Kier alpha value is -2.13. The Morgan fingerprint density at radius 1 is 1.12 bits per heavy atom. The molecule has 1 fully saturated rings. The van der Waals surface area contributed by atoms with Crippen LogP contribution in [0.25, 0.3) is 0 Å². The van der Waals surface area contributed by atoms with Gasteiger partial charge in [-0.1, -0.05) is 30.3 Å². The topological polar surface area (TPSA) is 108 Å². The van der Waals surface area contributed by atoms with E-state index in [-0.39, 0.29) is 11.5 Å². The summed E-state index contributed by atoms with van der Waals surface area (Å²) in [7, 11) is 0. The first-order chi connectivity index (χ1) is 12.1. The molecule has 5 atom stereocenters. The Morgan fingerprint density at radius 2 is 1.88 bits per heavy atom. The predicted molar refractivity (Wildman–Crippen MR) is 87.4 cm³/mol. The van der Waals surface area contributed by atoms with Gasteiger partial charge in [0.05, 0.1) is 30.7 Å². The lowest BCUT2D eigenvalue weighted by Crippen LogP contribution is -2.57. The molecule has 0 amide bonds. The maximum absolute atomic E-state index is 12.8. The van der Waals surface area contributed by atoms with E-state index in [1.807, 2.05) is 30.3 Å². The van der Waals surface area contributed by atoms with Crippen LogP contribution < -0.4 is 5.32 Å². The molecule has 1 aliphatic heterocycles. The number of aliphatic hydroxyl groups excluding tert-OH is 3. The van der Waals surface area contributed by atoms with Gasteiger partial charge in [-0.15, -0.1) is 0 Å². The molecule has 1 aliphatic rings. The molecule has 0 spiro atoms. The van der Waals surface area contributed by atoms with Gasteiger partial charge in [-0.05, 0) is 5.56 Å². The molecule has 134 valence electrons. The maximum Gasteiger partial charge on any atom is 0.145 e. The van der Waals surface area contributed by atoms with Crippen molar-refractivity contribution in [2.24, 2.45) is 0 Å². The second-order valence-corrected chi connectivity index (χ2v) is 5.87. The first-order valence-electron chi connectivity index (χ1n) is 7.95. The van der Waals surface area contributed by atoms with E-state index in [0.29, 0.717) is 0 Å². The third kappa shape index (κ3) is 3.77. The summed E-state index contributed by atoms with van der Waals surface area (Å²) in [5, 5.41) is 33.1. The number of rotatable bonds is 5. The van der Waals surface area contributed by atoms with Crippen molar-refractivity contribution in [1.82, 2.24) is 9.97 Å². The monoisotopic (exact) mass is 349 g/mol. The smallest absolute Gasteiger partial charge is 0.145 e. The third-order valence-corrected chi connectivity index (χ3v) is 4.19. The van der Waals surface area contributed by atoms with Crippen molar-refractivity contribution < 1.29 is 24.4 Å². The van der Waals surface area contributed by atoms with Crippen LogP contribution in [0, 0.1) is 0 Å². The highest BCUT2D eigenvalue weighted by atomic mass is 19.1. The fraction of sp³-hybridized carbons (Fsp3) is 0.412. The number of nitrogens with zero attached hydrogens (tertiary/aromatic N) is 2. The van der Waals surface area contributed by atoms with Crippen LogP contribution in [0.1, 0.15) is 17.4 Å². The van der Waals surface area contributed by atoms with Crippen LogP contribution in [-0.4, -0.2) is 56.2 Å². The summed E-state index contributed by atoms with van der Waals surface area (Å²) in [6.07, 6.45) is -1.36. The molecule has 0 aliphatic carbocycles. The minimum atomic E-state index is -1.28. The number of halogens is 1. The lowest BCUT2D eigenvalue weighted by atomic mass is 9.89. The normalized spacial score (nSPS) is 29.4. The van der Waals surface area contributed by atoms with Gasteiger partial charge in [-0.3, -0.25) is 4.98 Å². The van der Waals surface area contributed by atoms with Crippen LogP contribution in [0.5, 0.6) is 0 Å². The van der Waals surface area contributed by atoms with Gasteiger partial charge in [0, 0.05) is 0 Å². The Kier molecular flexibility index (Phi) is 5.54. The van der Waals surface area contributed by atoms with Crippen molar-refractivity contribution in [3.05, 3.63) is 54.0 Å². The second-order valence-electron chi connectivity index (χ2n) is 5.87. The molecule has 0 bridgehead atoms. The zero-order valence-corrected chi connectivity index (χ0v) is 13.4. The second kappa shape index (κ2) is 7.83. The summed E-state index contributed by atoms with van der Waals surface area (Å²) >= 11 is 0. The number of ether oxygens (including phenoxy) is 1. The van der Waals surface area contributed by atoms with Gasteiger partial charge in [0.2, 0.25) is 0 Å². The Labute approximate surface area is 144 Å². The molecular formula is C17H20FN3O4. The molecule has 4 N–H and O–H groups in total. The van der Waals surface area contributed by atoms with Gasteiger partial charge in [-0.25, -0.2) is 9.37 Å². The number of benzene rings is 1. The van der Waals surface area contributed by atoms with Crippen molar-refractivity contribution in [3.63, 3.8) is 0 Å². The van der Waals surface area contributed by atoms with Gasteiger partial charge in [0.1, 0.15) is 36.9 Å². The Bertz CT molecular complexity index is 691. The quantitative estimate of drug-likeness (QED) is 0.625. The van der Waals surface area contributed by atoms with Crippen molar-refractivity contribution >= 4 is 5.82 Å². The first kappa shape index (κ1) is 17.7. The standard InChI is InChI=1S/C17H20FN3O4/c18-6-11-7-19-8-13(20-11)21-14-16(24)15(23)12(9-22)25-17(14)10-4-2-1-3-5-10/h1-5,7-8,12,14-17,22-24H,6,9H2,(H,20,21)/t12-,14-,15+,16-,17+/m1/s1. The summed E-state index contributed by atoms with van der Waals surface area (Å²) in [6, 6.07) is 8.38. The molecule has 0 unspecified atom stereocenters. The van der Waals surface area contributed by atoms with Gasteiger partial charge < -0.3 is 25.4 Å². The zero-order chi connectivity index (χ0) is 17.8. The number of alkyl halides is 1. The van der Waals surface area contributed by atoms with Crippen LogP contribution in [0.15, 0.2) is 42.7 Å². The van der Waals surface area contributed by atoms with Gasteiger partial charge in [0.15, 0.2) is 0 Å². The van der Waals surface area contributed by atoms with Crippen LogP contribution in [-0.2, 0) is 11.4 Å². The highest BCUT2D eigenvalue weighted by Crippen LogP contribution is 2.33. The van der Waals surface area contributed by atoms with E-state index in [0.717, 1.165) is 5.56 Å². The van der Waals surface area contributed by atoms with E-state index < -0.39 is 43.7 Å². The molecule has 1 aromatic carbocycles. The minimum absolute atomic E-state index is 0.154. The molecule has 25 heavy (non-hydrogen) atoms. The number of aromatic nitrogens is 2. The van der Waals surface area contributed by atoms with Crippen LogP contribution in [0.4, 0.5) is 10.2 Å². The highest BCUT2D eigenvalue weighted by molar-refractivity contribution is 5.36. The molecule has 7 nitrogen and oxygen atoms in total. The van der Waals surface area contributed by atoms with Crippen molar-refractivity contribution in [3.8, 4) is 0 Å². The molecule has 1 aromatic heterocycles. The molecule has 2 aromatic rings. The Morgan fingerprint density at radius 3 is 2.56 bits per heavy atom. The Balaban J connectivity index is 1.91. The molecule has 3 rings (SSSR count). The van der Waals surface area contributed by atoms with Gasteiger partial charge in [0.25, 0.3) is 0 Å². The van der Waals surface area contributed by atoms with Gasteiger partial charge in [-0.2, -0.15) is 0 Å². The number of anilines is 1.